The molecule has 0 aliphatic carbocycles. The fourth-order valence-corrected chi connectivity index (χ4v) is 1.35. The fraction of sp³-hybridized carbons (Fsp3) is 0.182. The van der Waals surface area contributed by atoms with Crippen LogP contribution in [0.4, 0.5) is 0 Å². The zero-order valence-corrected chi connectivity index (χ0v) is 8.75. The van der Waals surface area contributed by atoms with E-state index in [0.717, 1.165) is 11.1 Å². The van der Waals surface area contributed by atoms with Crippen LogP contribution in [0.25, 0.3) is 5.82 Å². The van der Waals surface area contributed by atoms with Crippen molar-refractivity contribution in [1.82, 2.24) is 14.8 Å². The number of aliphatic hydroxyl groups is 1. The van der Waals surface area contributed by atoms with E-state index in [2.05, 4.69) is 16.2 Å². The number of pyridine rings is 1. The smallest absolute Gasteiger partial charge is 0.153 e. The normalized spacial score (nSPS) is 10.1. The summed E-state index contributed by atoms with van der Waals surface area (Å²) in [6, 6.07) is 3.84. The van der Waals surface area contributed by atoms with E-state index in [1.54, 1.807) is 23.1 Å². The van der Waals surface area contributed by atoms with Crippen molar-refractivity contribution in [1.29, 1.82) is 5.26 Å². The van der Waals surface area contributed by atoms with Gasteiger partial charge in [0.25, 0.3) is 0 Å². The van der Waals surface area contributed by atoms with Gasteiger partial charge in [-0.1, -0.05) is 0 Å². The average Bonchev–Trinajstić information content (AvgIpc) is 2.77. The van der Waals surface area contributed by atoms with Crippen LogP contribution < -0.4 is 0 Å². The number of aryl methyl sites for hydroxylation is 1. The van der Waals surface area contributed by atoms with E-state index < -0.39 is 0 Å². The third-order valence-corrected chi connectivity index (χ3v) is 2.27. The topological polar surface area (TPSA) is 74.7 Å². The first-order chi connectivity index (χ1) is 7.74. The van der Waals surface area contributed by atoms with Crippen LogP contribution in [0.15, 0.2) is 24.7 Å². The first-order valence-corrected chi connectivity index (χ1v) is 4.76. The van der Waals surface area contributed by atoms with Crippen molar-refractivity contribution in [3.05, 3.63) is 41.3 Å². The molecule has 0 fully saturated rings. The fourth-order valence-electron chi connectivity index (χ4n) is 1.35. The number of rotatable bonds is 2. The van der Waals surface area contributed by atoms with Gasteiger partial charge in [0.05, 0.1) is 18.4 Å². The molecule has 0 aliphatic rings. The van der Waals surface area contributed by atoms with E-state index in [4.69, 9.17) is 10.4 Å². The van der Waals surface area contributed by atoms with E-state index in [1.807, 2.05) is 6.92 Å². The van der Waals surface area contributed by atoms with Gasteiger partial charge in [0.2, 0.25) is 0 Å². The molecule has 1 N–H and O–H groups in total. The molecular formula is C11H10N4O. The summed E-state index contributed by atoms with van der Waals surface area (Å²) in [6.45, 7) is 1.80. The Labute approximate surface area is 92.6 Å². The maximum atomic E-state index is 8.92. The zero-order valence-electron chi connectivity index (χ0n) is 8.75. The zero-order chi connectivity index (χ0) is 11.5. The van der Waals surface area contributed by atoms with Crippen molar-refractivity contribution in [2.45, 2.75) is 13.5 Å². The largest absolute Gasteiger partial charge is 0.392 e. The molecule has 0 aliphatic heterocycles. The Morgan fingerprint density at radius 1 is 1.50 bits per heavy atom. The van der Waals surface area contributed by atoms with Gasteiger partial charge in [0.15, 0.2) is 5.82 Å². The van der Waals surface area contributed by atoms with Gasteiger partial charge < -0.3 is 5.11 Å². The molecule has 0 saturated heterocycles. The highest BCUT2D eigenvalue weighted by atomic mass is 16.3. The molecule has 0 spiro atoms. The van der Waals surface area contributed by atoms with Gasteiger partial charge in [0, 0.05) is 18.0 Å². The summed E-state index contributed by atoms with van der Waals surface area (Å²) in [4.78, 5) is 4.12. The minimum Gasteiger partial charge on any atom is -0.392 e. The molecule has 0 saturated carbocycles. The van der Waals surface area contributed by atoms with Crippen LogP contribution in [0, 0.1) is 18.3 Å². The highest BCUT2D eigenvalue weighted by Crippen LogP contribution is 2.11. The summed E-state index contributed by atoms with van der Waals surface area (Å²) in [7, 11) is 0. The second-order valence-corrected chi connectivity index (χ2v) is 3.42. The summed E-state index contributed by atoms with van der Waals surface area (Å²) >= 11 is 0. The van der Waals surface area contributed by atoms with Gasteiger partial charge in [0.1, 0.15) is 6.07 Å². The third kappa shape index (κ3) is 1.78. The second kappa shape index (κ2) is 4.13. The molecule has 2 aromatic rings. The van der Waals surface area contributed by atoms with Gasteiger partial charge in [-0.3, -0.25) is 0 Å². The molecule has 0 amide bonds. The van der Waals surface area contributed by atoms with Gasteiger partial charge in [-0.2, -0.15) is 10.4 Å². The van der Waals surface area contributed by atoms with Crippen molar-refractivity contribution in [2.75, 3.05) is 0 Å². The van der Waals surface area contributed by atoms with Crippen LogP contribution >= 0.6 is 0 Å². The van der Waals surface area contributed by atoms with Crippen molar-refractivity contribution in [3.8, 4) is 11.9 Å². The Bertz CT molecular complexity index is 553. The molecule has 2 rings (SSSR count). The van der Waals surface area contributed by atoms with E-state index in [0.29, 0.717) is 11.4 Å². The monoisotopic (exact) mass is 214 g/mol. The molecule has 0 atom stereocenters. The Morgan fingerprint density at radius 2 is 2.31 bits per heavy atom. The van der Waals surface area contributed by atoms with Gasteiger partial charge in [-0.15, -0.1) is 0 Å². The van der Waals surface area contributed by atoms with E-state index in [1.165, 1.54) is 6.20 Å². The minimum atomic E-state index is -0.0464. The van der Waals surface area contributed by atoms with Crippen LogP contribution in [0.3, 0.4) is 0 Å². The maximum Gasteiger partial charge on any atom is 0.153 e. The van der Waals surface area contributed by atoms with E-state index in [9.17, 15) is 0 Å². The molecule has 0 radical (unpaired) electrons. The van der Waals surface area contributed by atoms with Crippen molar-refractivity contribution in [2.24, 2.45) is 0 Å². The number of hydrogen-bond acceptors (Lipinski definition) is 4. The van der Waals surface area contributed by atoms with Gasteiger partial charge in [-0.25, -0.2) is 9.67 Å². The highest BCUT2D eigenvalue weighted by molar-refractivity contribution is 5.39. The van der Waals surface area contributed by atoms with Crippen molar-refractivity contribution >= 4 is 0 Å². The quantitative estimate of drug-likeness (QED) is 0.807. The number of aliphatic hydroxyl groups excluding tert-OH is 1. The van der Waals surface area contributed by atoms with Gasteiger partial charge >= 0.3 is 0 Å². The van der Waals surface area contributed by atoms with Crippen molar-refractivity contribution in [3.63, 3.8) is 0 Å². The van der Waals surface area contributed by atoms with Crippen LogP contribution in [0.2, 0.25) is 0 Å². The highest BCUT2D eigenvalue weighted by Gasteiger charge is 2.04. The SMILES string of the molecule is Cc1cc(-n2cc(CO)cn2)ncc1C#N. The van der Waals surface area contributed by atoms with Crippen LogP contribution in [0.1, 0.15) is 16.7 Å². The second-order valence-electron chi connectivity index (χ2n) is 3.42. The van der Waals surface area contributed by atoms with Gasteiger partial charge in [-0.05, 0) is 18.6 Å². The molecule has 5 nitrogen and oxygen atoms in total. The molecule has 16 heavy (non-hydrogen) atoms. The Kier molecular flexibility index (Phi) is 2.66. The Hall–Kier alpha value is -2.19. The first-order valence-electron chi connectivity index (χ1n) is 4.76. The number of aromatic nitrogens is 3. The summed E-state index contributed by atoms with van der Waals surface area (Å²) in [5.74, 6) is 0.635. The lowest BCUT2D eigenvalue weighted by Gasteiger charge is -2.02. The summed E-state index contributed by atoms with van der Waals surface area (Å²) in [5, 5.41) is 21.8. The summed E-state index contributed by atoms with van der Waals surface area (Å²) in [5.41, 5.74) is 2.13. The predicted molar refractivity (Wildman–Crippen MR) is 56.7 cm³/mol. The molecule has 0 aromatic carbocycles. The molecule has 0 unspecified atom stereocenters. The van der Waals surface area contributed by atoms with Crippen LogP contribution in [-0.4, -0.2) is 19.9 Å². The molecule has 2 heterocycles. The lowest BCUT2D eigenvalue weighted by molar-refractivity contribution is 0.282. The maximum absolute atomic E-state index is 8.92. The van der Waals surface area contributed by atoms with E-state index in [-0.39, 0.29) is 6.61 Å². The lowest BCUT2D eigenvalue weighted by atomic mass is 10.2. The van der Waals surface area contributed by atoms with Crippen LogP contribution in [0.5, 0.6) is 0 Å². The number of nitriles is 1. The third-order valence-electron chi connectivity index (χ3n) is 2.27. The standard InChI is InChI=1S/C11H10N4O/c1-8-2-11(13-5-10(8)3-12)15-6-9(7-16)4-14-15/h2,4-6,16H,7H2,1H3. The molecule has 80 valence electrons. The number of hydrogen-bond donors (Lipinski definition) is 1. The minimum absolute atomic E-state index is 0.0464. The Balaban J connectivity index is 2.42. The molecular weight excluding hydrogens is 204 g/mol. The first kappa shape index (κ1) is 10.3. The molecule has 5 heteroatoms. The summed E-state index contributed by atoms with van der Waals surface area (Å²) in [6.07, 6.45) is 4.80. The van der Waals surface area contributed by atoms with Crippen molar-refractivity contribution < 1.29 is 5.11 Å². The Morgan fingerprint density at radius 3 is 2.88 bits per heavy atom. The average molecular weight is 214 g/mol. The summed E-state index contributed by atoms with van der Waals surface area (Å²) < 4.78 is 1.57. The van der Waals surface area contributed by atoms with Crippen LogP contribution in [-0.2, 0) is 6.61 Å². The molecule has 2 aromatic heterocycles. The molecule has 0 bridgehead atoms. The number of nitrogens with zero attached hydrogens (tertiary/aromatic N) is 4. The van der Waals surface area contributed by atoms with E-state index >= 15 is 0 Å². The predicted octanol–water partition coefficient (Wildman–Crippen LogP) is 0.940. The lowest BCUT2D eigenvalue weighted by Crippen LogP contribution is -1.99.